The number of aromatic nitrogens is 2. The third-order valence-corrected chi connectivity index (χ3v) is 5.28. The Balaban J connectivity index is 1.73. The van der Waals surface area contributed by atoms with Crippen molar-refractivity contribution in [3.05, 3.63) is 34.9 Å². The Bertz CT molecular complexity index is 775. The fourth-order valence-corrected chi connectivity index (χ4v) is 3.98. The van der Waals surface area contributed by atoms with Crippen LogP contribution in [0.5, 0.6) is 0 Å². The zero-order valence-corrected chi connectivity index (χ0v) is 14.7. The Labute approximate surface area is 147 Å². The molecule has 2 aromatic rings. The van der Waals surface area contributed by atoms with Gasteiger partial charge in [-0.1, -0.05) is 0 Å². The molecule has 1 fully saturated rings. The average Bonchev–Trinajstić information content (AvgIpc) is 2.95. The molecule has 128 valence electrons. The summed E-state index contributed by atoms with van der Waals surface area (Å²) in [4.78, 5) is 13.1. The first-order valence-electron chi connectivity index (χ1n) is 7.43. The largest absolute Gasteiger partial charge is 0.468 e. The van der Waals surface area contributed by atoms with Crippen molar-refractivity contribution >= 4 is 29.9 Å². The number of nitrogens with zero attached hydrogens (tertiary/aromatic N) is 2. The summed E-state index contributed by atoms with van der Waals surface area (Å²) in [7, 11) is 1.40. The minimum absolute atomic E-state index is 0.170. The Kier molecular flexibility index (Phi) is 5.32. The number of benzene rings is 1. The lowest BCUT2D eigenvalue weighted by Gasteiger charge is -2.27. The summed E-state index contributed by atoms with van der Waals surface area (Å²) in [5.74, 6) is 0.703. The number of thioether (sulfide) groups is 1. The monoisotopic (exact) mass is 370 g/mol. The highest BCUT2D eigenvalue weighted by molar-refractivity contribution is 8.00. The smallest absolute Gasteiger partial charge is 0.324 e. The van der Waals surface area contributed by atoms with Crippen molar-refractivity contribution in [2.45, 2.75) is 11.9 Å². The molecule has 0 aliphatic carbocycles. The van der Waals surface area contributed by atoms with Crippen LogP contribution in [0, 0.1) is 10.7 Å². The van der Waals surface area contributed by atoms with Gasteiger partial charge in [-0.2, -0.15) is 4.68 Å². The maximum atomic E-state index is 13.0. The van der Waals surface area contributed by atoms with E-state index in [-0.39, 0.29) is 21.9 Å². The predicted octanol–water partition coefficient (Wildman–Crippen LogP) is 1.14. The molecule has 2 heterocycles. The maximum absolute atomic E-state index is 13.0. The van der Waals surface area contributed by atoms with Gasteiger partial charge < -0.3 is 14.1 Å². The van der Waals surface area contributed by atoms with E-state index in [1.54, 1.807) is 28.6 Å². The number of carbonyl (C=O) groups is 1. The maximum Gasteiger partial charge on any atom is 0.324 e. The first-order chi connectivity index (χ1) is 11.6. The third-order valence-electron chi connectivity index (χ3n) is 3.78. The molecule has 6 nitrogen and oxygen atoms in total. The van der Waals surface area contributed by atoms with Crippen LogP contribution in [0.4, 0.5) is 4.39 Å². The molecule has 1 saturated heterocycles. The molecule has 1 aromatic carbocycles. The van der Waals surface area contributed by atoms with E-state index in [0.29, 0.717) is 24.7 Å². The van der Waals surface area contributed by atoms with Crippen LogP contribution in [0.15, 0.2) is 28.7 Å². The Hall–Kier alpha value is -1.71. The average molecular weight is 370 g/mol. The number of methoxy groups -OCH3 is 1. The molecule has 0 saturated carbocycles. The van der Waals surface area contributed by atoms with E-state index in [9.17, 15) is 9.18 Å². The highest BCUT2D eigenvalue weighted by atomic mass is 32.2. The molecule has 0 spiro atoms. The number of halogens is 1. The summed E-state index contributed by atoms with van der Waals surface area (Å²) < 4.78 is 24.9. The Morgan fingerprint density at radius 1 is 1.54 bits per heavy atom. The topological polar surface area (TPSA) is 61.7 Å². The third kappa shape index (κ3) is 3.85. The van der Waals surface area contributed by atoms with Crippen molar-refractivity contribution in [1.82, 2.24) is 9.78 Å². The standard InChI is InChI=1S/C15H16FN3O3S2/c1-21-14(20)12-8-18(6-7-24-12)9-19-15(23)22-13(17-19)10-2-4-11(16)5-3-10/h2-5,12H,6-9H2,1H3/p+1/t12-/m1/s1. The lowest BCUT2D eigenvalue weighted by atomic mass is 10.2. The van der Waals surface area contributed by atoms with E-state index in [4.69, 9.17) is 21.4 Å². The molecule has 1 aliphatic heterocycles. The molecular formula is C15H17FN3O3S2+. The molecule has 9 heteroatoms. The van der Waals surface area contributed by atoms with Gasteiger partial charge in [0.15, 0.2) is 11.9 Å². The Morgan fingerprint density at radius 3 is 3.00 bits per heavy atom. The van der Waals surface area contributed by atoms with E-state index >= 15 is 0 Å². The molecular weight excluding hydrogens is 353 g/mol. The van der Waals surface area contributed by atoms with Gasteiger partial charge in [-0.15, -0.1) is 16.9 Å². The van der Waals surface area contributed by atoms with Gasteiger partial charge in [0.2, 0.25) is 5.89 Å². The van der Waals surface area contributed by atoms with Crippen molar-refractivity contribution in [3.63, 3.8) is 0 Å². The van der Waals surface area contributed by atoms with Gasteiger partial charge in [-0.3, -0.25) is 4.79 Å². The van der Waals surface area contributed by atoms with E-state index in [1.807, 2.05) is 0 Å². The fourth-order valence-electron chi connectivity index (χ4n) is 2.52. The number of rotatable bonds is 4. The van der Waals surface area contributed by atoms with Gasteiger partial charge in [-0.25, -0.2) is 4.39 Å². The second-order valence-corrected chi connectivity index (χ2v) is 7.08. The molecule has 1 aliphatic rings. The molecule has 0 radical (unpaired) electrons. The molecule has 0 amide bonds. The van der Waals surface area contributed by atoms with Crippen molar-refractivity contribution in [2.75, 3.05) is 26.0 Å². The first-order valence-corrected chi connectivity index (χ1v) is 8.89. The van der Waals surface area contributed by atoms with Gasteiger partial charge in [0, 0.05) is 11.3 Å². The predicted molar refractivity (Wildman–Crippen MR) is 89.7 cm³/mol. The summed E-state index contributed by atoms with van der Waals surface area (Å²) in [6.07, 6.45) is 0. The van der Waals surface area contributed by atoms with E-state index in [1.165, 1.54) is 24.1 Å². The highest BCUT2D eigenvalue weighted by Gasteiger charge is 2.30. The quantitative estimate of drug-likeness (QED) is 0.643. The van der Waals surface area contributed by atoms with Crippen LogP contribution in [-0.4, -0.2) is 47.0 Å². The second-order valence-electron chi connectivity index (χ2n) is 5.42. The second kappa shape index (κ2) is 7.45. The molecule has 1 N–H and O–H groups in total. The van der Waals surface area contributed by atoms with Crippen LogP contribution < -0.4 is 4.90 Å². The fraction of sp³-hybridized carbons (Fsp3) is 0.400. The van der Waals surface area contributed by atoms with Crippen molar-refractivity contribution < 1.29 is 23.2 Å². The number of ether oxygens (including phenoxy) is 1. The van der Waals surface area contributed by atoms with Crippen LogP contribution in [0.3, 0.4) is 0 Å². The normalized spacial score (nSPS) is 20.8. The summed E-state index contributed by atoms with van der Waals surface area (Å²) >= 11 is 6.83. The molecule has 1 unspecified atom stereocenters. The summed E-state index contributed by atoms with van der Waals surface area (Å²) in [6, 6.07) is 5.89. The molecule has 3 rings (SSSR count). The highest BCUT2D eigenvalue weighted by Crippen LogP contribution is 2.18. The number of carbonyl (C=O) groups excluding carboxylic acids is 1. The number of hydrogen-bond donors (Lipinski definition) is 1. The minimum Gasteiger partial charge on any atom is -0.468 e. The van der Waals surface area contributed by atoms with Crippen molar-refractivity contribution in [1.29, 1.82) is 0 Å². The molecule has 2 atom stereocenters. The first kappa shape index (κ1) is 17.1. The van der Waals surface area contributed by atoms with Crippen molar-refractivity contribution in [3.8, 4) is 11.5 Å². The van der Waals surface area contributed by atoms with Gasteiger partial charge in [0.05, 0.1) is 13.7 Å². The minimum atomic E-state index is -0.319. The SMILES string of the molecule is COC(=O)[C@H]1C[NH+](Cn2nc(-c3ccc(F)cc3)oc2=S)CCS1. The summed E-state index contributed by atoms with van der Waals surface area (Å²) in [5.41, 5.74) is 0.665. The molecule has 1 aromatic heterocycles. The zero-order valence-electron chi connectivity index (χ0n) is 13.0. The van der Waals surface area contributed by atoms with Crippen molar-refractivity contribution in [2.24, 2.45) is 0 Å². The van der Waals surface area contributed by atoms with E-state index in [2.05, 4.69) is 5.10 Å². The number of nitrogens with one attached hydrogen (secondary N) is 1. The van der Waals surface area contributed by atoms with E-state index in [0.717, 1.165) is 12.3 Å². The zero-order chi connectivity index (χ0) is 17.1. The summed E-state index contributed by atoms with van der Waals surface area (Å²) in [6.45, 7) is 2.06. The van der Waals surface area contributed by atoms with Gasteiger partial charge in [0.1, 0.15) is 12.4 Å². The van der Waals surface area contributed by atoms with Gasteiger partial charge in [-0.05, 0) is 36.5 Å². The van der Waals surface area contributed by atoms with Crippen LogP contribution in [0.2, 0.25) is 0 Å². The van der Waals surface area contributed by atoms with E-state index < -0.39 is 0 Å². The van der Waals surface area contributed by atoms with Crippen LogP contribution in [0.1, 0.15) is 0 Å². The number of quaternary nitrogens is 1. The number of esters is 1. The van der Waals surface area contributed by atoms with Crippen LogP contribution in [0.25, 0.3) is 11.5 Å². The van der Waals surface area contributed by atoms with Gasteiger partial charge in [0.25, 0.3) is 4.84 Å². The molecule has 24 heavy (non-hydrogen) atoms. The van der Waals surface area contributed by atoms with Crippen LogP contribution >= 0.6 is 24.0 Å². The van der Waals surface area contributed by atoms with Crippen LogP contribution in [-0.2, 0) is 16.2 Å². The Morgan fingerprint density at radius 2 is 2.29 bits per heavy atom. The number of hydrogen-bond acceptors (Lipinski definition) is 6. The lowest BCUT2D eigenvalue weighted by molar-refractivity contribution is -0.921. The summed E-state index contributed by atoms with van der Waals surface area (Å²) in [5, 5.41) is 4.20. The lowest BCUT2D eigenvalue weighted by Crippen LogP contribution is -3.14. The molecule has 0 bridgehead atoms. The van der Waals surface area contributed by atoms with Gasteiger partial charge >= 0.3 is 5.97 Å².